The topological polar surface area (TPSA) is 140 Å². The SMILES string of the molecule is CCCOc1cc(OCCCCCCN)cc(Oc2cc3c(cc2NS(=O)(=O)c2ccccn2)n(C)c(=O)n3C)c1. The average molecular weight is 584 g/mol. The molecule has 0 bridgehead atoms. The van der Waals surface area contributed by atoms with Crippen LogP contribution in [0.3, 0.4) is 0 Å². The number of anilines is 1. The van der Waals surface area contributed by atoms with Crippen molar-refractivity contribution in [3.05, 3.63) is 65.2 Å². The molecule has 12 heteroatoms. The van der Waals surface area contributed by atoms with Crippen molar-refractivity contribution in [2.75, 3.05) is 24.5 Å². The number of aromatic nitrogens is 3. The summed E-state index contributed by atoms with van der Waals surface area (Å²) in [6, 6.07) is 13.1. The number of fused-ring (bicyclic) bond motifs is 1. The summed E-state index contributed by atoms with van der Waals surface area (Å²) in [4.78, 5) is 16.6. The summed E-state index contributed by atoms with van der Waals surface area (Å²) in [5.74, 6) is 1.71. The van der Waals surface area contributed by atoms with Crippen molar-refractivity contribution in [3.63, 3.8) is 0 Å². The first-order valence-corrected chi connectivity index (χ1v) is 15.1. The maximum absolute atomic E-state index is 13.2. The van der Waals surface area contributed by atoms with Crippen molar-refractivity contribution < 1.29 is 22.6 Å². The van der Waals surface area contributed by atoms with Gasteiger partial charge in [0.2, 0.25) is 0 Å². The second-order valence-corrected chi connectivity index (χ2v) is 11.3. The molecule has 2 aromatic heterocycles. The van der Waals surface area contributed by atoms with E-state index in [-0.39, 0.29) is 22.2 Å². The standard InChI is InChI=1S/C29H37N5O6S/c1-4-14-38-21-16-22(39-15-10-6-5-8-12-30)18-23(17-21)40-27-20-26-25(33(2)29(35)34(26)3)19-24(27)32-41(36,37)28-11-7-9-13-31-28/h7,9,11,13,16-20,32H,4-6,8,10,12,14-15,30H2,1-3H3. The number of aryl methyl sites for hydroxylation is 2. The Kier molecular flexibility index (Phi) is 9.90. The number of unbranched alkanes of at least 4 members (excludes halogenated alkanes) is 3. The van der Waals surface area contributed by atoms with Crippen LogP contribution < -0.4 is 30.4 Å². The van der Waals surface area contributed by atoms with E-state index in [1.165, 1.54) is 21.4 Å². The third kappa shape index (κ3) is 7.39. The minimum Gasteiger partial charge on any atom is -0.493 e. The fraction of sp³-hybridized carbons (Fsp3) is 0.379. The first-order chi connectivity index (χ1) is 19.7. The maximum Gasteiger partial charge on any atom is 0.328 e. The van der Waals surface area contributed by atoms with Gasteiger partial charge in [0.15, 0.2) is 10.8 Å². The number of sulfonamides is 1. The summed E-state index contributed by atoms with van der Waals surface area (Å²) in [5.41, 5.74) is 6.56. The van der Waals surface area contributed by atoms with Gasteiger partial charge in [0.05, 0.1) is 29.9 Å². The van der Waals surface area contributed by atoms with Crippen molar-refractivity contribution in [2.45, 2.75) is 44.1 Å². The van der Waals surface area contributed by atoms with Crippen LogP contribution >= 0.6 is 0 Å². The molecule has 0 amide bonds. The van der Waals surface area contributed by atoms with Gasteiger partial charge in [-0.2, -0.15) is 8.42 Å². The number of ether oxygens (including phenoxy) is 3. The van der Waals surface area contributed by atoms with E-state index in [9.17, 15) is 13.2 Å². The maximum atomic E-state index is 13.2. The zero-order valence-electron chi connectivity index (χ0n) is 23.6. The summed E-state index contributed by atoms with van der Waals surface area (Å²) in [5, 5.41) is -0.148. The van der Waals surface area contributed by atoms with Crippen LogP contribution in [0.5, 0.6) is 23.0 Å². The average Bonchev–Trinajstić information content (AvgIpc) is 3.17. The van der Waals surface area contributed by atoms with Crippen LogP contribution in [0.15, 0.2) is 64.5 Å². The number of benzene rings is 2. The molecule has 41 heavy (non-hydrogen) atoms. The number of rotatable bonds is 15. The van der Waals surface area contributed by atoms with Gasteiger partial charge in [-0.15, -0.1) is 0 Å². The molecule has 2 aromatic carbocycles. The number of nitrogens with zero attached hydrogens (tertiary/aromatic N) is 3. The van der Waals surface area contributed by atoms with Gasteiger partial charge in [0.25, 0.3) is 10.0 Å². The molecule has 0 saturated heterocycles. The van der Waals surface area contributed by atoms with Crippen LogP contribution in [0.1, 0.15) is 39.0 Å². The zero-order chi connectivity index (χ0) is 29.4. The number of nitrogens with one attached hydrogen (secondary N) is 1. The lowest BCUT2D eigenvalue weighted by Gasteiger charge is -2.16. The van der Waals surface area contributed by atoms with Gasteiger partial charge >= 0.3 is 5.69 Å². The van der Waals surface area contributed by atoms with E-state index in [1.807, 2.05) is 6.92 Å². The Morgan fingerprint density at radius 3 is 2.20 bits per heavy atom. The lowest BCUT2D eigenvalue weighted by atomic mass is 10.2. The molecule has 0 spiro atoms. The van der Waals surface area contributed by atoms with Crippen molar-refractivity contribution in [2.24, 2.45) is 19.8 Å². The van der Waals surface area contributed by atoms with Crippen molar-refractivity contribution >= 4 is 26.7 Å². The molecule has 11 nitrogen and oxygen atoms in total. The molecular formula is C29H37N5O6S. The smallest absolute Gasteiger partial charge is 0.328 e. The Hall–Kier alpha value is -4.03. The minimum atomic E-state index is -4.06. The molecule has 0 aliphatic carbocycles. The summed E-state index contributed by atoms with van der Waals surface area (Å²) in [6.45, 7) is 3.73. The van der Waals surface area contributed by atoms with E-state index < -0.39 is 10.0 Å². The number of nitrogens with two attached hydrogens (primary N) is 1. The van der Waals surface area contributed by atoms with Crippen molar-refractivity contribution in [1.82, 2.24) is 14.1 Å². The highest BCUT2D eigenvalue weighted by molar-refractivity contribution is 7.92. The number of hydrogen-bond acceptors (Lipinski definition) is 8. The fourth-order valence-corrected chi connectivity index (χ4v) is 5.31. The molecule has 4 rings (SSSR count). The largest absolute Gasteiger partial charge is 0.493 e. The summed E-state index contributed by atoms with van der Waals surface area (Å²) < 4.78 is 50.0. The van der Waals surface area contributed by atoms with Crippen molar-refractivity contribution in [1.29, 1.82) is 0 Å². The lowest BCUT2D eigenvalue weighted by Crippen LogP contribution is -2.19. The molecule has 2 heterocycles. The fourth-order valence-electron chi connectivity index (χ4n) is 4.30. The van der Waals surface area contributed by atoms with Crippen LogP contribution in [-0.2, 0) is 24.1 Å². The van der Waals surface area contributed by atoms with E-state index in [4.69, 9.17) is 19.9 Å². The number of hydrogen-bond donors (Lipinski definition) is 2. The van der Waals surface area contributed by atoms with Crippen LogP contribution in [0.2, 0.25) is 0 Å². The Labute approximate surface area is 239 Å². The first-order valence-electron chi connectivity index (χ1n) is 13.7. The van der Waals surface area contributed by atoms with Crippen LogP contribution in [0.25, 0.3) is 11.0 Å². The highest BCUT2D eigenvalue weighted by Crippen LogP contribution is 2.37. The molecule has 0 aliphatic heterocycles. The van der Waals surface area contributed by atoms with E-state index in [1.54, 1.807) is 56.6 Å². The normalized spacial score (nSPS) is 11.5. The summed E-state index contributed by atoms with van der Waals surface area (Å²) >= 11 is 0. The Morgan fingerprint density at radius 1 is 0.878 bits per heavy atom. The van der Waals surface area contributed by atoms with Gasteiger partial charge in [0, 0.05) is 44.6 Å². The predicted molar refractivity (Wildman–Crippen MR) is 159 cm³/mol. The van der Waals surface area contributed by atoms with Gasteiger partial charge in [0.1, 0.15) is 17.2 Å². The third-order valence-electron chi connectivity index (χ3n) is 6.45. The molecule has 0 aliphatic rings. The second-order valence-electron chi connectivity index (χ2n) is 9.65. The third-order valence-corrected chi connectivity index (χ3v) is 7.73. The highest BCUT2D eigenvalue weighted by Gasteiger charge is 2.21. The minimum absolute atomic E-state index is 0.145. The van der Waals surface area contributed by atoms with Crippen LogP contribution in [0, 0.1) is 0 Å². The molecule has 0 atom stereocenters. The molecule has 0 saturated carbocycles. The van der Waals surface area contributed by atoms with E-state index in [0.717, 1.165) is 32.1 Å². The first kappa shape index (κ1) is 29.9. The quantitative estimate of drug-likeness (QED) is 0.194. The Morgan fingerprint density at radius 2 is 1.54 bits per heavy atom. The Bertz CT molecular complexity index is 1630. The van der Waals surface area contributed by atoms with E-state index >= 15 is 0 Å². The number of pyridine rings is 1. The summed E-state index contributed by atoms with van der Waals surface area (Å²) in [7, 11) is -0.790. The predicted octanol–water partition coefficient (Wildman–Crippen LogP) is 4.55. The molecule has 3 N–H and O–H groups in total. The van der Waals surface area contributed by atoms with Crippen LogP contribution in [-0.4, -0.2) is 42.3 Å². The van der Waals surface area contributed by atoms with Gasteiger partial charge in [-0.25, -0.2) is 9.78 Å². The van der Waals surface area contributed by atoms with Gasteiger partial charge < -0.3 is 19.9 Å². The van der Waals surface area contributed by atoms with Gasteiger partial charge in [-0.05, 0) is 44.0 Å². The Balaban J connectivity index is 1.70. The monoisotopic (exact) mass is 583 g/mol. The lowest BCUT2D eigenvalue weighted by molar-refractivity contribution is 0.292. The van der Waals surface area contributed by atoms with E-state index in [2.05, 4.69) is 9.71 Å². The molecule has 0 fully saturated rings. The number of imidazole rings is 1. The molecule has 0 unspecified atom stereocenters. The van der Waals surface area contributed by atoms with Crippen molar-refractivity contribution in [3.8, 4) is 23.0 Å². The highest BCUT2D eigenvalue weighted by atomic mass is 32.2. The van der Waals surface area contributed by atoms with Gasteiger partial charge in [-0.3, -0.25) is 13.9 Å². The zero-order valence-corrected chi connectivity index (χ0v) is 24.4. The molecular weight excluding hydrogens is 546 g/mol. The summed E-state index contributed by atoms with van der Waals surface area (Å²) in [6.07, 6.45) is 6.16. The molecule has 220 valence electrons. The van der Waals surface area contributed by atoms with E-state index in [0.29, 0.717) is 48.0 Å². The molecule has 0 radical (unpaired) electrons. The second kappa shape index (κ2) is 13.6. The molecule has 4 aromatic rings. The van der Waals surface area contributed by atoms with Gasteiger partial charge in [-0.1, -0.05) is 25.8 Å². The van der Waals surface area contributed by atoms with Crippen LogP contribution in [0.4, 0.5) is 5.69 Å².